The van der Waals surface area contributed by atoms with E-state index in [4.69, 9.17) is 9.90 Å². The maximum atomic E-state index is 12.4. The lowest BCUT2D eigenvalue weighted by Crippen LogP contribution is -1.94. The summed E-state index contributed by atoms with van der Waals surface area (Å²) in [5.74, 6) is -1.90. The monoisotopic (exact) mass is 273 g/mol. The second-order valence-electron chi connectivity index (χ2n) is 4.66. The Morgan fingerprint density at radius 2 is 1.68 bits per heavy atom. The molecule has 1 amide bonds. The third kappa shape index (κ3) is 8.70. The molecule has 1 aromatic rings. The van der Waals surface area contributed by atoms with Crippen molar-refractivity contribution in [3.05, 3.63) is 29.8 Å². The summed E-state index contributed by atoms with van der Waals surface area (Å²) >= 11 is 0. The minimum absolute atomic E-state index is 0.235. The maximum Gasteiger partial charge on any atom is 0.290 e. The highest BCUT2D eigenvalue weighted by Crippen LogP contribution is 2.43. The van der Waals surface area contributed by atoms with Crippen LogP contribution >= 0.6 is 0 Å². The first-order valence-corrected chi connectivity index (χ1v) is 5.59. The van der Waals surface area contributed by atoms with Crippen molar-refractivity contribution in [2.45, 2.75) is 26.7 Å². The lowest BCUT2D eigenvalue weighted by atomic mass is 10.2. The van der Waals surface area contributed by atoms with Gasteiger partial charge < -0.3 is 10.4 Å². The van der Waals surface area contributed by atoms with Crippen molar-refractivity contribution in [2.75, 3.05) is 5.32 Å². The van der Waals surface area contributed by atoms with Crippen molar-refractivity contribution in [1.82, 2.24) is 0 Å². The highest BCUT2D eigenvalue weighted by atomic mass is 19.2. The number of carboxylic acid groups (broad SMARTS) is 1. The van der Waals surface area contributed by atoms with E-state index in [0.717, 1.165) is 17.5 Å². The van der Waals surface area contributed by atoms with Crippen LogP contribution < -0.4 is 5.32 Å². The van der Waals surface area contributed by atoms with E-state index in [9.17, 15) is 13.6 Å². The summed E-state index contributed by atoms with van der Waals surface area (Å²) in [4.78, 5) is 18.2. The SMILES string of the molecule is CC1(C)CC1.O=CNc1ccc(F)c(F)c1.O=CO. The van der Waals surface area contributed by atoms with E-state index >= 15 is 0 Å². The smallest absolute Gasteiger partial charge is 0.290 e. The topological polar surface area (TPSA) is 66.4 Å². The van der Waals surface area contributed by atoms with Crippen LogP contribution in [0.5, 0.6) is 0 Å². The summed E-state index contributed by atoms with van der Waals surface area (Å²) in [5, 5.41) is 9.08. The van der Waals surface area contributed by atoms with Crippen LogP contribution in [0.3, 0.4) is 0 Å². The van der Waals surface area contributed by atoms with Gasteiger partial charge in [0.2, 0.25) is 6.41 Å². The normalized spacial score (nSPS) is 13.9. The molecule has 0 heterocycles. The molecule has 0 atom stereocenters. The molecule has 0 bridgehead atoms. The summed E-state index contributed by atoms with van der Waals surface area (Å²) in [6, 6.07) is 3.12. The van der Waals surface area contributed by atoms with E-state index < -0.39 is 11.6 Å². The Hall–Kier alpha value is -1.98. The predicted octanol–water partition coefficient (Wildman–Crippen LogP) is 3.04. The van der Waals surface area contributed by atoms with E-state index in [1.54, 1.807) is 0 Å². The van der Waals surface area contributed by atoms with Gasteiger partial charge in [-0.3, -0.25) is 9.59 Å². The molecule has 1 aliphatic rings. The van der Waals surface area contributed by atoms with Gasteiger partial charge in [-0.05, 0) is 30.4 Å². The van der Waals surface area contributed by atoms with Crippen molar-refractivity contribution in [3.63, 3.8) is 0 Å². The molecule has 6 heteroatoms. The third-order valence-corrected chi connectivity index (χ3v) is 2.40. The molecule has 0 spiro atoms. The van der Waals surface area contributed by atoms with Gasteiger partial charge in [-0.15, -0.1) is 0 Å². The van der Waals surface area contributed by atoms with Gasteiger partial charge >= 0.3 is 0 Å². The van der Waals surface area contributed by atoms with Crippen molar-refractivity contribution in [2.24, 2.45) is 5.41 Å². The standard InChI is InChI=1S/C7H5F2NO.C5H10.CH2O2/c8-6-2-1-5(10-4-11)3-7(6)9;1-5(2)3-4-5;2-1-3/h1-4H,(H,10,11);3-4H2,1-2H3;1H,(H,2,3). The number of benzene rings is 1. The zero-order valence-corrected chi connectivity index (χ0v) is 10.8. The van der Waals surface area contributed by atoms with E-state index in [1.165, 1.54) is 18.9 Å². The number of hydrogen-bond donors (Lipinski definition) is 2. The van der Waals surface area contributed by atoms with Crippen LogP contribution in [0.1, 0.15) is 26.7 Å². The van der Waals surface area contributed by atoms with E-state index in [1.807, 2.05) is 0 Å². The lowest BCUT2D eigenvalue weighted by molar-refractivity contribution is -0.122. The Morgan fingerprint density at radius 3 is 2.00 bits per heavy atom. The average Bonchev–Trinajstić information content (AvgIpc) is 3.02. The van der Waals surface area contributed by atoms with Crippen molar-refractivity contribution in [1.29, 1.82) is 0 Å². The molecular formula is C13H17F2NO3. The van der Waals surface area contributed by atoms with Gasteiger partial charge in [-0.1, -0.05) is 13.8 Å². The Kier molecular flexibility index (Phi) is 7.33. The summed E-state index contributed by atoms with van der Waals surface area (Å²) in [7, 11) is 0. The highest BCUT2D eigenvalue weighted by molar-refractivity contribution is 5.70. The molecule has 106 valence electrons. The predicted molar refractivity (Wildman–Crippen MR) is 67.8 cm³/mol. The fourth-order valence-electron chi connectivity index (χ4n) is 0.904. The Labute approximate surface area is 110 Å². The summed E-state index contributed by atoms with van der Waals surface area (Å²) in [5.41, 5.74) is 0.985. The molecule has 19 heavy (non-hydrogen) atoms. The zero-order chi connectivity index (χ0) is 14.9. The number of hydrogen-bond acceptors (Lipinski definition) is 2. The molecule has 1 fully saturated rings. The Balaban J connectivity index is 0.000000334. The summed E-state index contributed by atoms with van der Waals surface area (Å²) < 4.78 is 24.6. The fourth-order valence-corrected chi connectivity index (χ4v) is 0.904. The average molecular weight is 273 g/mol. The van der Waals surface area contributed by atoms with Gasteiger partial charge in [-0.2, -0.15) is 0 Å². The first kappa shape index (κ1) is 17.0. The van der Waals surface area contributed by atoms with Crippen LogP contribution in [-0.4, -0.2) is 18.0 Å². The molecule has 4 nitrogen and oxygen atoms in total. The van der Waals surface area contributed by atoms with E-state index in [2.05, 4.69) is 19.2 Å². The molecule has 0 unspecified atom stereocenters. The first-order chi connectivity index (χ1) is 8.86. The van der Waals surface area contributed by atoms with Crippen LogP contribution in [0.15, 0.2) is 18.2 Å². The van der Waals surface area contributed by atoms with Crippen molar-refractivity contribution >= 4 is 18.6 Å². The van der Waals surface area contributed by atoms with Crippen molar-refractivity contribution in [3.8, 4) is 0 Å². The zero-order valence-electron chi connectivity index (χ0n) is 10.8. The Morgan fingerprint density at radius 1 is 1.21 bits per heavy atom. The molecule has 1 aliphatic carbocycles. The lowest BCUT2D eigenvalue weighted by Gasteiger charge is -1.97. The number of carbonyl (C=O) groups is 2. The van der Waals surface area contributed by atoms with Gasteiger partial charge in [-0.25, -0.2) is 8.78 Å². The molecule has 0 radical (unpaired) electrons. The maximum absolute atomic E-state index is 12.4. The van der Waals surface area contributed by atoms with Crippen molar-refractivity contribution < 1.29 is 23.5 Å². The fraction of sp³-hybridized carbons (Fsp3) is 0.385. The molecular weight excluding hydrogens is 256 g/mol. The van der Waals surface area contributed by atoms with Gasteiger partial charge in [0.05, 0.1) is 0 Å². The van der Waals surface area contributed by atoms with Crippen LogP contribution in [-0.2, 0) is 9.59 Å². The number of nitrogens with one attached hydrogen (secondary N) is 1. The third-order valence-electron chi connectivity index (χ3n) is 2.40. The van der Waals surface area contributed by atoms with Crippen LogP contribution in [0.2, 0.25) is 0 Å². The van der Waals surface area contributed by atoms with Crippen LogP contribution in [0.4, 0.5) is 14.5 Å². The number of carbonyl (C=O) groups excluding carboxylic acids is 1. The minimum atomic E-state index is -0.975. The molecule has 0 saturated heterocycles. The van der Waals surface area contributed by atoms with Gasteiger partial charge in [0, 0.05) is 11.8 Å². The number of anilines is 1. The molecule has 1 aromatic carbocycles. The molecule has 2 rings (SSSR count). The molecule has 1 saturated carbocycles. The molecule has 0 aromatic heterocycles. The quantitative estimate of drug-likeness (QED) is 0.814. The number of rotatable bonds is 2. The van der Waals surface area contributed by atoms with E-state index in [-0.39, 0.29) is 12.2 Å². The minimum Gasteiger partial charge on any atom is -0.483 e. The van der Waals surface area contributed by atoms with Crippen LogP contribution in [0, 0.1) is 17.0 Å². The first-order valence-electron chi connectivity index (χ1n) is 5.59. The van der Waals surface area contributed by atoms with Crippen LogP contribution in [0.25, 0.3) is 0 Å². The number of amides is 1. The summed E-state index contributed by atoms with van der Waals surface area (Å²) in [6.45, 7) is 4.35. The molecule has 0 aliphatic heterocycles. The van der Waals surface area contributed by atoms with Gasteiger partial charge in [0.15, 0.2) is 11.6 Å². The van der Waals surface area contributed by atoms with Gasteiger partial charge in [0.1, 0.15) is 0 Å². The summed E-state index contributed by atoms with van der Waals surface area (Å²) in [6.07, 6.45) is 3.30. The second-order valence-corrected chi connectivity index (χ2v) is 4.66. The largest absolute Gasteiger partial charge is 0.483 e. The Bertz CT molecular complexity index is 416. The van der Waals surface area contributed by atoms with Gasteiger partial charge in [0.25, 0.3) is 6.47 Å². The second kappa shape index (κ2) is 8.18. The van der Waals surface area contributed by atoms with E-state index in [0.29, 0.717) is 6.41 Å². The number of halogens is 2. The highest BCUT2D eigenvalue weighted by Gasteiger charge is 2.30. The molecule has 2 N–H and O–H groups in total.